The second-order valence-corrected chi connectivity index (χ2v) is 5.49. The summed E-state index contributed by atoms with van der Waals surface area (Å²) >= 11 is 0. The SMILES string of the molecule is CCN1CCC(c2ncc3c(C(=O)OC)cccn23)CC1. The summed E-state index contributed by atoms with van der Waals surface area (Å²) in [6, 6.07) is 3.66. The minimum absolute atomic E-state index is 0.312. The smallest absolute Gasteiger partial charge is 0.340 e. The molecule has 0 radical (unpaired) electrons. The fraction of sp³-hybridized carbons (Fsp3) is 0.500. The maximum atomic E-state index is 11.8. The second-order valence-electron chi connectivity index (χ2n) is 5.49. The van der Waals surface area contributed by atoms with Crippen molar-refractivity contribution in [1.29, 1.82) is 0 Å². The number of carbonyl (C=O) groups excluding carboxylic acids is 1. The first-order valence-corrected chi connectivity index (χ1v) is 7.51. The van der Waals surface area contributed by atoms with E-state index in [1.165, 1.54) is 7.11 Å². The third-order valence-corrected chi connectivity index (χ3v) is 4.40. The van der Waals surface area contributed by atoms with Crippen LogP contribution in [0.15, 0.2) is 24.5 Å². The van der Waals surface area contributed by atoms with Crippen LogP contribution in [0.4, 0.5) is 0 Å². The van der Waals surface area contributed by atoms with Crippen molar-refractivity contribution in [3.8, 4) is 0 Å². The summed E-state index contributed by atoms with van der Waals surface area (Å²) in [5.74, 6) is 1.21. The minimum atomic E-state index is -0.312. The fourth-order valence-corrected chi connectivity index (χ4v) is 3.13. The van der Waals surface area contributed by atoms with Gasteiger partial charge in [0.15, 0.2) is 0 Å². The van der Waals surface area contributed by atoms with E-state index in [1.807, 2.05) is 16.7 Å². The van der Waals surface area contributed by atoms with Gasteiger partial charge in [0.25, 0.3) is 0 Å². The number of hydrogen-bond acceptors (Lipinski definition) is 4. The molecule has 0 bridgehead atoms. The molecule has 21 heavy (non-hydrogen) atoms. The predicted octanol–water partition coefficient (Wildman–Crippen LogP) is 2.32. The molecule has 5 nitrogen and oxygen atoms in total. The molecule has 1 aliphatic rings. The van der Waals surface area contributed by atoms with Crippen molar-refractivity contribution in [2.75, 3.05) is 26.7 Å². The highest BCUT2D eigenvalue weighted by Gasteiger charge is 2.24. The molecular weight excluding hydrogens is 266 g/mol. The van der Waals surface area contributed by atoms with Gasteiger partial charge in [-0.25, -0.2) is 9.78 Å². The molecule has 2 aromatic heterocycles. The highest BCUT2D eigenvalue weighted by molar-refractivity contribution is 5.96. The molecule has 0 aliphatic carbocycles. The largest absolute Gasteiger partial charge is 0.465 e. The Hall–Kier alpha value is -1.88. The Kier molecular flexibility index (Phi) is 3.92. The molecule has 5 heteroatoms. The standard InChI is InChI=1S/C16H21N3O2/c1-3-18-9-6-12(7-10-18)15-17-11-14-13(16(20)21-2)5-4-8-19(14)15/h4-5,8,11-12H,3,6-7,9-10H2,1-2H3. The van der Waals surface area contributed by atoms with Crippen LogP contribution in [0.3, 0.4) is 0 Å². The number of piperidine rings is 1. The van der Waals surface area contributed by atoms with Crippen LogP contribution >= 0.6 is 0 Å². The van der Waals surface area contributed by atoms with Gasteiger partial charge in [0.2, 0.25) is 0 Å². The van der Waals surface area contributed by atoms with Crippen LogP contribution in [0.25, 0.3) is 5.52 Å². The molecule has 2 aromatic rings. The van der Waals surface area contributed by atoms with Crippen molar-refractivity contribution in [2.24, 2.45) is 0 Å². The topological polar surface area (TPSA) is 46.8 Å². The predicted molar refractivity (Wildman–Crippen MR) is 80.6 cm³/mol. The molecule has 0 amide bonds. The monoisotopic (exact) mass is 287 g/mol. The average Bonchev–Trinajstić information content (AvgIpc) is 2.98. The first-order chi connectivity index (χ1) is 10.2. The molecule has 1 saturated heterocycles. The van der Waals surface area contributed by atoms with Crippen molar-refractivity contribution in [3.63, 3.8) is 0 Å². The van der Waals surface area contributed by atoms with Gasteiger partial charge in [-0.15, -0.1) is 0 Å². The Morgan fingerprint density at radius 3 is 2.86 bits per heavy atom. The van der Waals surface area contributed by atoms with Crippen molar-refractivity contribution in [1.82, 2.24) is 14.3 Å². The molecule has 0 aromatic carbocycles. The van der Waals surface area contributed by atoms with Gasteiger partial charge in [-0.05, 0) is 44.6 Å². The molecule has 0 N–H and O–H groups in total. The highest BCUT2D eigenvalue weighted by atomic mass is 16.5. The van der Waals surface area contributed by atoms with E-state index < -0.39 is 0 Å². The number of imidazole rings is 1. The van der Waals surface area contributed by atoms with E-state index in [9.17, 15) is 4.79 Å². The molecule has 3 rings (SSSR count). The van der Waals surface area contributed by atoms with Gasteiger partial charge in [-0.1, -0.05) is 6.92 Å². The number of nitrogens with zero attached hydrogens (tertiary/aromatic N) is 3. The van der Waals surface area contributed by atoms with E-state index >= 15 is 0 Å². The van der Waals surface area contributed by atoms with Gasteiger partial charge >= 0.3 is 5.97 Å². The maximum absolute atomic E-state index is 11.8. The number of fused-ring (bicyclic) bond motifs is 1. The molecular formula is C16H21N3O2. The number of aromatic nitrogens is 2. The lowest BCUT2D eigenvalue weighted by Crippen LogP contribution is -2.33. The van der Waals surface area contributed by atoms with E-state index in [2.05, 4.69) is 16.8 Å². The van der Waals surface area contributed by atoms with Gasteiger partial charge < -0.3 is 14.0 Å². The second kappa shape index (κ2) is 5.85. The highest BCUT2D eigenvalue weighted by Crippen LogP contribution is 2.28. The lowest BCUT2D eigenvalue weighted by Gasteiger charge is -2.30. The first-order valence-electron chi connectivity index (χ1n) is 7.51. The average molecular weight is 287 g/mol. The molecule has 0 atom stereocenters. The summed E-state index contributed by atoms with van der Waals surface area (Å²) in [5.41, 5.74) is 1.40. The summed E-state index contributed by atoms with van der Waals surface area (Å²) in [7, 11) is 1.41. The normalized spacial score (nSPS) is 17.2. The molecule has 112 valence electrons. The van der Waals surface area contributed by atoms with E-state index in [1.54, 1.807) is 12.3 Å². The number of ether oxygens (including phenoxy) is 1. The summed E-state index contributed by atoms with van der Waals surface area (Å²) in [6.45, 7) is 5.55. The first kappa shape index (κ1) is 14.1. The van der Waals surface area contributed by atoms with Crippen LogP contribution in [0.2, 0.25) is 0 Å². The minimum Gasteiger partial charge on any atom is -0.465 e. The third-order valence-electron chi connectivity index (χ3n) is 4.40. The number of methoxy groups -OCH3 is 1. The number of rotatable bonds is 3. The number of carbonyl (C=O) groups is 1. The van der Waals surface area contributed by atoms with Crippen molar-refractivity contribution < 1.29 is 9.53 Å². The Bertz CT molecular complexity index is 642. The number of likely N-dealkylation sites (tertiary alicyclic amines) is 1. The van der Waals surface area contributed by atoms with E-state index in [0.717, 1.165) is 43.8 Å². The quantitative estimate of drug-likeness (QED) is 0.813. The fourth-order valence-electron chi connectivity index (χ4n) is 3.13. The zero-order valence-electron chi connectivity index (χ0n) is 12.6. The van der Waals surface area contributed by atoms with Gasteiger partial charge in [0, 0.05) is 12.1 Å². The van der Waals surface area contributed by atoms with E-state index in [4.69, 9.17) is 4.74 Å². The Morgan fingerprint density at radius 2 is 2.19 bits per heavy atom. The van der Waals surface area contributed by atoms with Crippen LogP contribution in [0.5, 0.6) is 0 Å². The summed E-state index contributed by atoms with van der Waals surface area (Å²) in [5, 5.41) is 0. The van der Waals surface area contributed by atoms with Crippen molar-refractivity contribution >= 4 is 11.5 Å². The molecule has 0 spiro atoms. The zero-order valence-corrected chi connectivity index (χ0v) is 12.6. The molecule has 0 saturated carbocycles. The van der Waals surface area contributed by atoms with Gasteiger partial charge in [0.05, 0.1) is 24.4 Å². The molecule has 0 unspecified atom stereocenters. The Balaban J connectivity index is 1.93. The van der Waals surface area contributed by atoms with Gasteiger partial charge in [-0.3, -0.25) is 0 Å². The lowest BCUT2D eigenvalue weighted by molar-refractivity contribution is 0.0602. The Labute approximate surface area is 124 Å². The van der Waals surface area contributed by atoms with E-state index in [-0.39, 0.29) is 5.97 Å². The Morgan fingerprint density at radius 1 is 1.43 bits per heavy atom. The summed E-state index contributed by atoms with van der Waals surface area (Å²) in [6.07, 6.45) is 6.01. The summed E-state index contributed by atoms with van der Waals surface area (Å²) < 4.78 is 6.88. The third kappa shape index (κ3) is 2.53. The van der Waals surface area contributed by atoms with Crippen molar-refractivity contribution in [2.45, 2.75) is 25.7 Å². The van der Waals surface area contributed by atoms with Crippen LogP contribution < -0.4 is 0 Å². The maximum Gasteiger partial charge on any atom is 0.340 e. The van der Waals surface area contributed by atoms with Gasteiger partial charge in [0.1, 0.15) is 5.82 Å². The molecule has 3 heterocycles. The number of hydrogen-bond donors (Lipinski definition) is 0. The van der Waals surface area contributed by atoms with Crippen LogP contribution in [0.1, 0.15) is 41.9 Å². The van der Waals surface area contributed by atoms with Gasteiger partial charge in [-0.2, -0.15) is 0 Å². The van der Waals surface area contributed by atoms with Crippen LogP contribution in [-0.4, -0.2) is 47.0 Å². The zero-order chi connectivity index (χ0) is 14.8. The number of esters is 1. The molecule has 1 aliphatic heterocycles. The molecule has 1 fully saturated rings. The van der Waals surface area contributed by atoms with Crippen molar-refractivity contribution in [3.05, 3.63) is 35.9 Å². The lowest BCUT2D eigenvalue weighted by atomic mass is 9.96. The van der Waals surface area contributed by atoms with E-state index in [0.29, 0.717) is 11.5 Å². The van der Waals surface area contributed by atoms with Crippen LogP contribution in [-0.2, 0) is 4.74 Å². The summed E-state index contributed by atoms with van der Waals surface area (Å²) in [4.78, 5) is 18.9. The van der Waals surface area contributed by atoms with Crippen LogP contribution in [0, 0.1) is 0 Å². The number of pyridine rings is 1.